The van der Waals surface area contributed by atoms with Crippen LogP contribution in [0.25, 0.3) is 6.08 Å². The van der Waals surface area contributed by atoms with Gasteiger partial charge >= 0.3 is 16.1 Å². The summed E-state index contributed by atoms with van der Waals surface area (Å²) >= 11 is 3.30. The molecule has 140 valence electrons. The number of benzene rings is 2. The molecule has 1 aliphatic heterocycles. The van der Waals surface area contributed by atoms with Crippen molar-refractivity contribution in [2.45, 2.75) is 11.8 Å². The Morgan fingerprint density at radius 3 is 2.48 bits per heavy atom. The van der Waals surface area contributed by atoms with Crippen molar-refractivity contribution in [3.05, 3.63) is 58.1 Å². The van der Waals surface area contributed by atoms with Crippen molar-refractivity contribution < 1.29 is 27.0 Å². The van der Waals surface area contributed by atoms with Crippen molar-refractivity contribution in [1.82, 2.24) is 0 Å². The van der Waals surface area contributed by atoms with E-state index in [4.69, 9.17) is 8.92 Å². The van der Waals surface area contributed by atoms with Crippen molar-refractivity contribution in [3.8, 4) is 11.5 Å². The van der Waals surface area contributed by atoms with Gasteiger partial charge in [-0.25, -0.2) is 4.79 Å². The van der Waals surface area contributed by atoms with Crippen molar-refractivity contribution in [2.24, 2.45) is 5.16 Å². The monoisotopic (exact) mass is 451 g/mol. The van der Waals surface area contributed by atoms with Gasteiger partial charge in [0.15, 0.2) is 11.5 Å². The fourth-order valence-corrected chi connectivity index (χ4v) is 3.96. The number of carbonyl (C=O) groups is 1. The molecule has 0 saturated heterocycles. The lowest BCUT2D eigenvalue weighted by atomic mass is 10.1. The quantitative estimate of drug-likeness (QED) is 0.392. The third kappa shape index (κ3) is 4.04. The number of halogens is 1. The van der Waals surface area contributed by atoms with Crippen molar-refractivity contribution in [1.29, 1.82) is 0 Å². The third-order valence-electron chi connectivity index (χ3n) is 3.66. The van der Waals surface area contributed by atoms with E-state index >= 15 is 0 Å². The number of oxime groups is 1. The molecule has 9 heteroatoms. The molecule has 0 bridgehead atoms. The van der Waals surface area contributed by atoms with Gasteiger partial charge in [-0.2, -0.15) is 8.42 Å². The minimum absolute atomic E-state index is 0.00268. The van der Waals surface area contributed by atoms with E-state index in [9.17, 15) is 13.2 Å². The molecule has 0 aromatic heterocycles. The van der Waals surface area contributed by atoms with E-state index < -0.39 is 16.1 Å². The van der Waals surface area contributed by atoms with Crippen LogP contribution >= 0.6 is 15.9 Å². The van der Waals surface area contributed by atoms with Crippen LogP contribution in [0.4, 0.5) is 0 Å². The van der Waals surface area contributed by atoms with E-state index in [0.717, 1.165) is 0 Å². The molecule has 0 amide bonds. The third-order valence-corrected chi connectivity index (χ3v) is 5.49. The lowest BCUT2D eigenvalue weighted by Crippen LogP contribution is -2.11. The molecule has 0 N–H and O–H groups in total. The Bertz CT molecular complexity index is 1060. The molecule has 0 radical (unpaired) electrons. The highest BCUT2D eigenvalue weighted by atomic mass is 79.9. The Morgan fingerprint density at radius 1 is 1.19 bits per heavy atom. The zero-order valence-electron chi connectivity index (χ0n) is 14.3. The second-order valence-electron chi connectivity index (χ2n) is 5.50. The summed E-state index contributed by atoms with van der Waals surface area (Å²) in [5.41, 5.74) is 1.32. The van der Waals surface area contributed by atoms with Gasteiger partial charge in [-0.15, -0.1) is 0 Å². The van der Waals surface area contributed by atoms with Gasteiger partial charge in [0.25, 0.3) is 0 Å². The molecule has 0 aliphatic carbocycles. The van der Waals surface area contributed by atoms with Crippen LogP contribution in [0.2, 0.25) is 0 Å². The predicted octanol–water partition coefficient (Wildman–Crippen LogP) is 3.54. The van der Waals surface area contributed by atoms with Crippen LogP contribution in [0.5, 0.6) is 11.5 Å². The first-order valence-electron chi connectivity index (χ1n) is 7.67. The normalized spacial score (nSPS) is 15.4. The van der Waals surface area contributed by atoms with E-state index in [2.05, 4.69) is 25.9 Å². The number of ether oxygens (including phenoxy) is 1. The van der Waals surface area contributed by atoms with E-state index in [1.807, 2.05) is 0 Å². The van der Waals surface area contributed by atoms with Gasteiger partial charge in [-0.1, -0.05) is 23.4 Å². The molecule has 27 heavy (non-hydrogen) atoms. The molecule has 0 unspecified atom stereocenters. The number of carbonyl (C=O) groups excluding carboxylic acids is 1. The van der Waals surface area contributed by atoms with Crippen LogP contribution in [0, 0.1) is 0 Å². The average molecular weight is 452 g/mol. The van der Waals surface area contributed by atoms with Gasteiger partial charge in [-0.3, -0.25) is 0 Å². The summed E-state index contributed by atoms with van der Waals surface area (Å²) in [6.07, 6.45) is 1.57. The molecule has 1 aliphatic rings. The molecule has 7 nitrogen and oxygen atoms in total. The standard InChI is InChI=1S/C18H14BrNO6S/c1-11-14(18(21)25-20-11)8-12-9-15(19)17(16(10-12)24-2)26-27(22,23)13-6-4-3-5-7-13/h3-10H,1-2H3/b14-8-. The second-order valence-corrected chi connectivity index (χ2v) is 7.90. The van der Waals surface area contributed by atoms with Crippen LogP contribution in [0.3, 0.4) is 0 Å². The predicted molar refractivity (Wildman–Crippen MR) is 102 cm³/mol. The highest BCUT2D eigenvalue weighted by Gasteiger charge is 2.24. The van der Waals surface area contributed by atoms with E-state index in [1.54, 1.807) is 43.3 Å². The maximum atomic E-state index is 12.5. The topological polar surface area (TPSA) is 91.3 Å². The highest BCUT2D eigenvalue weighted by molar-refractivity contribution is 9.10. The first kappa shape index (κ1) is 19.1. The highest BCUT2D eigenvalue weighted by Crippen LogP contribution is 2.39. The Labute approximate surface area is 164 Å². The zero-order chi connectivity index (χ0) is 19.6. The van der Waals surface area contributed by atoms with Crippen LogP contribution < -0.4 is 8.92 Å². The summed E-state index contributed by atoms with van der Waals surface area (Å²) in [5, 5.41) is 3.61. The van der Waals surface area contributed by atoms with Crippen molar-refractivity contribution >= 4 is 43.8 Å². The lowest BCUT2D eigenvalue weighted by Gasteiger charge is -2.13. The van der Waals surface area contributed by atoms with E-state index in [0.29, 0.717) is 21.3 Å². The van der Waals surface area contributed by atoms with E-state index in [-0.39, 0.29) is 16.4 Å². The van der Waals surface area contributed by atoms with Crippen LogP contribution in [-0.2, 0) is 19.8 Å². The molecule has 3 rings (SSSR count). The van der Waals surface area contributed by atoms with Crippen LogP contribution in [-0.4, -0.2) is 27.2 Å². The van der Waals surface area contributed by atoms with Crippen molar-refractivity contribution in [3.63, 3.8) is 0 Å². The summed E-state index contributed by atoms with van der Waals surface area (Å²) in [5.74, 6) is -0.380. The van der Waals surface area contributed by atoms with Gasteiger partial charge in [0.1, 0.15) is 4.90 Å². The van der Waals surface area contributed by atoms with Gasteiger partial charge < -0.3 is 13.8 Å². The van der Waals surface area contributed by atoms with Gasteiger partial charge in [0.05, 0.1) is 22.9 Å². The molecule has 0 fully saturated rings. The molecule has 2 aromatic rings. The largest absolute Gasteiger partial charge is 0.493 e. The van der Waals surface area contributed by atoms with Crippen LogP contribution in [0.15, 0.2) is 62.6 Å². The smallest absolute Gasteiger partial charge is 0.367 e. The summed E-state index contributed by atoms with van der Waals surface area (Å²) < 4.78 is 35.9. The molecular weight excluding hydrogens is 438 g/mol. The summed E-state index contributed by atoms with van der Waals surface area (Å²) in [6.45, 7) is 1.65. The van der Waals surface area contributed by atoms with Gasteiger partial charge in [0.2, 0.25) is 0 Å². The number of hydrogen-bond acceptors (Lipinski definition) is 7. The molecule has 0 spiro atoms. The number of rotatable bonds is 5. The number of hydrogen-bond donors (Lipinski definition) is 0. The number of nitrogens with zero attached hydrogens (tertiary/aromatic N) is 1. The maximum absolute atomic E-state index is 12.5. The number of methoxy groups -OCH3 is 1. The summed E-state index contributed by atoms with van der Waals surface area (Å²) in [6, 6.07) is 10.9. The first-order chi connectivity index (χ1) is 12.8. The van der Waals surface area contributed by atoms with Crippen LogP contribution in [0.1, 0.15) is 12.5 Å². The zero-order valence-corrected chi connectivity index (χ0v) is 16.7. The Kier molecular flexibility index (Phi) is 5.33. The Morgan fingerprint density at radius 2 is 1.89 bits per heavy atom. The Balaban J connectivity index is 2.00. The fourth-order valence-electron chi connectivity index (χ4n) is 2.33. The summed E-state index contributed by atoms with van der Waals surface area (Å²) in [7, 11) is -2.65. The van der Waals surface area contributed by atoms with Gasteiger partial charge in [-0.05, 0) is 58.8 Å². The molecule has 1 heterocycles. The molecule has 0 atom stereocenters. The Hall–Kier alpha value is -2.65. The van der Waals surface area contributed by atoms with Crippen molar-refractivity contribution in [2.75, 3.05) is 7.11 Å². The minimum Gasteiger partial charge on any atom is -0.493 e. The van der Waals surface area contributed by atoms with E-state index in [1.165, 1.54) is 19.2 Å². The summed E-state index contributed by atoms with van der Waals surface area (Å²) in [4.78, 5) is 16.3. The van der Waals surface area contributed by atoms with Gasteiger partial charge in [0, 0.05) is 0 Å². The average Bonchev–Trinajstić information content (AvgIpc) is 2.96. The maximum Gasteiger partial charge on any atom is 0.367 e. The molecular formula is C18H14BrNO6S. The molecule has 2 aromatic carbocycles. The fraction of sp³-hybridized carbons (Fsp3) is 0.111. The minimum atomic E-state index is -4.04. The second kappa shape index (κ2) is 7.53. The molecule has 0 saturated carbocycles. The first-order valence-corrected chi connectivity index (χ1v) is 9.87. The SMILES string of the molecule is COc1cc(/C=C2\C(=O)ON=C2C)cc(Br)c1OS(=O)(=O)c1ccccc1. The lowest BCUT2D eigenvalue weighted by molar-refractivity contribution is -0.136.